The van der Waals surface area contributed by atoms with Gasteiger partial charge in [0.2, 0.25) is 0 Å². The standard InChI is InChI=1S/C10H10BrNS/c1-3-9-12-8-5-7(11)4-6(2)10(8)13-9/h4-5H,3H2,1-2H3. The van der Waals surface area contributed by atoms with Crippen LogP contribution < -0.4 is 0 Å². The van der Waals surface area contributed by atoms with E-state index in [9.17, 15) is 0 Å². The first-order valence-corrected chi connectivity index (χ1v) is 5.87. The zero-order chi connectivity index (χ0) is 9.42. The van der Waals surface area contributed by atoms with Gasteiger partial charge in [0.05, 0.1) is 15.2 Å². The first kappa shape index (κ1) is 9.16. The van der Waals surface area contributed by atoms with E-state index in [1.54, 1.807) is 11.3 Å². The second-order valence-corrected chi connectivity index (χ2v) is 5.03. The van der Waals surface area contributed by atoms with Gasteiger partial charge in [0, 0.05) is 4.47 Å². The van der Waals surface area contributed by atoms with Crippen molar-refractivity contribution in [3.05, 3.63) is 27.2 Å². The van der Waals surface area contributed by atoms with Gasteiger partial charge < -0.3 is 0 Å². The number of benzene rings is 1. The molecule has 1 aromatic carbocycles. The van der Waals surface area contributed by atoms with Crippen molar-refractivity contribution in [2.75, 3.05) is 0 Å². The first-order chi connectivity index (χ1) is 6.20. The lowest BCUT2D eigenvalue weighted by Gasteiger charge is -1.94. The van der Waals surface area contributed by atoms with Crippen LogP contribution in [0, 0.1) is 6.92 Å². The largest absolute Gasteiger partial charge is 0.241 e. The predicted molar refractivity (Wildman–Crippen MR) is 61.4 cm³/mol. The molecule has 0 radical (unpaired) electrons. The molecule has 0 atom stereocenters. The number of rotatable bonds is 1. The molecule has 2 rings (SSSR count). The maximum absolute atomic E-state index is 4.54. The fourth-order valence-electron chi connectivity index (χ4n) is 1.35. The van der Waals surface area contributed by atoms with Crippen LogP contribution in [0.2, 0.25) is 0 Å². The number of aryl methyl sites for hydroxylation is 2. The zero-order valence-electron chi connectivity index (χ0n) is 7.60. The Morgan fingerprint density at radius 2 is 2.23 bits per heavy atom. The molecule has 0 aliphatic rings. The number of hydrogen-bond donors (Lipinski definition) is 0. The van der Waals surface area contributed by atoms with Gasteiger partial charge in [-0.3, -0.25) is 0 Å². The molecule has 1 nitrogen and oxygen atoms in total. The average Bonchev–Trinajstić information content (AvgIpc) is 2.47. The maximum Gasteiger partial charge on any atom is 0.0935 e. The number of fused-ring (bicyclic) bond motifs is 1. The maximum atomic E-state index is 4.54. The van der Waals surface area contributed by atoms with Crippen molar-refractivity contribution in [2.45, 2.75) is 20.3 Å². The van der Waals surface area contributed by atoms with Crippen molar-refractivity contribution in [1.29, 1.82) is 0 Å². The van der Waals surface area contributed by atoms with E-state index in [4.69, 9.17) is 0 Å². The van der Waals surface area contributed by atoms with E-state index in [0.717, 1.165) is 16.4 Å². The Bertz CT molecular complexity index is 447. The van der Waals surface area contributed by atoms with Crippen molar-refractivity contribution >= 4 is 37.5 Å². The minimum Gasteiger partial charge on any atom is -0.241 e. The predicted octanol–water partition coefficient (Wildman–Crippen LogP) is 3.93. The molecule has 0 saturated carbocycles. The SMILES string of the molecule is CCc1nc2cc(Br)cc(C)c2s1. The van der Waals surface area contributed by atoms with Crippen molar-refractivity contribution < 1.29 is 0 Å². The quantitative estimate of drug-likeness (QED) is 0.753. The van der Waals surface area contributed by atoms with Crippen molar-refractivity contribution in [1.82, 2.24) is 4.98 Å². The van der Waals surface area contributed by atoms with Gasteiger partial charge in [0.15, 0.2) is 0 Å². The Morgan fingerprint density at radius 1 is 1.46 bits per heavy atom. The lowest BCUT2D eigenvalue weighted by Crippen LogP contribution is -1.76. The Labute approximate surface area is 89.9 Å². The Morgan fingerprint density at radius 3 is 2.92 bits per heavy atom. The van der Waals surface area contributed by atoms with Crippen LogP contribution in [0.1, 0.15) is 17.5 Å². The number of nitrogens with zero attached hydrogens (tertiary/aromatic N) is 1. The van der Waals surface area contributed by atoms with Gasteiger partial charge >= 0.3 is 0 Å². The van der Waals surface area contributed by atoms with Crippen molar-refractivity contribution in [2.24, 2.45) is 0 Å². The van der Waals surface area contributed by atoms with Crippen LogP contribution in [0.4, 0.5) is 0 Å². The molecule has 0 spiro atoms. The summed E-state index contributed by atoms with van der Waals surface area (Å²) < 4.78 is 2.44. The molecule has 3 heteroatoms. The molecule has 0 saturated heterocycles. The summed E-state index contributed by atoms with van der Waals surface area (Å²) >= 11 is 5.28. The fourth-order valence-corrected chi connectivity index (χ4v) is 2.87. The average molecular weight is 256 g/mol. The summed E-state index contributed by atoms with van der Waals surface area (Å²) in [7, 11) is 0. The molecule has 13 heavy (non-hydrogen) atoms. The van der Waals surface area contributed by atoms with E-state index in [1.807, 2.05) is 0 Å². The molecule has 0 unspecified atom stereocenters. The second-order valence-electron chi connectivity index (χ2n) is 3.03. The number of halogens is 1. The van der Waals surface area contributed by atoms with E-state index < -0.39 is 0 Å². The minimum atomic E-state index is 1.02. The molecular weight excluding hydrogens is 246 g/mol. The van der Waals surface area contributed by atoms with E-state index in [1.165, 1.54) is 15.3 Å². The number of aromatic nitrogens is 1. The highest BCUT2D eigenvalue weighted by atomic mass is 79.9. The smallest absolute Gasteiger partial charge is 0.0935 e. The highest BCUT2D eigenvalue weighted by Crippen LogP contribution is 2.28. The molecular formula is C10H10BrNS. The van der Waals surface area contributed by atoms with Gasteiger partial charge in [-0.25, -0.2) is 4.98 Å². The lowest BCUT2D eigenvalue weighted by molar-refractivity contribution is 1.11. The highest BCUT2D eigenvalue weighted by molar-refractivity contribution is 9.10. The van der Waals surface area contributed by atoms with E-state index in [2.05, 4.69) is 46.9 Å². The Balaban J connectivity index is 2.75. The minimum absolute atomic E-state index is 1.02. The third kappa shape index (κ3) is 1.63. The monoisotopic (exact) mass is 255 g/mol. The zero-order valence-corrected chi connectivity index (χ0v) is 10.00. The van der Waals surface area contributed by atoms with Gasteiger partial charge in [-0.1, -0.05) is 22.9 Å². The Hall–Kier alpha value is -0.410. The lowest BCUT2D eigenvalue weighted by atomic mass is 10.2. The van der Waals surface area contributed by atoms with Crippen LogP contribution in [-0.4, -0.2) is 4.98 Å². The van der Waals surface area contributed by atoms with Crippen molar-refractivity contribution in [3.63, 3.8) is 0 Å². The molecule has 0 amide bonds. The van der Waals surface area contributed by atoms with Crippen LogP contribution in [-0.2, 0) is 6.42 Å². The molecule has 1 heterocycles. The molecule has 0 aliphatic heterocycles. The summed E-state index contributed by atoms with van der Waals surface area (Å²) in [4.78, 5) is 4.54. The summed E-state index contributed by atoms with van der Waals surface area (Å²) in [6.45, 7) is 4.27. The van der Waals surface area contributed by atoms with Crippen LogP contribution >= 0.6 is 27.3 Å². The summed E-state index contributed by atoms with van der Waals surface area (Å²) in [6.07, 6.45) is 1.02. The molecule has 0 fully saturated rings. The van der Waals surface area contributed by atoms with Gasteiger partial charge in [-0.15, -0.1) is 11.3 Å². The third-order valence-electron chi connectivity index (χ3n) is 1.99. The molecule has 0 bridgehead atoms. The molecule has 0 aliphatic carbocycles. The van der Waals surface area contributed by atoms with Gasteiger partial charge in [-0.2, -0.15) is 0 Å². The molecule has 0 N–H and O–H groups in total. The highest BCUT2D eigenvalue weighted by Gasteiger charge is 2.05. The van der Waals surface area contributed by atoms with Crippen LogP contribution in [0.25, 0.3) is 10.2 Å². The third-order valence-corrected chi connectivity index (χ3v) is 3.80. The van der Waals surface area contributed by atoms with Crippen LogP contribution in [0.15, 0.2) is 16.6 Å². The van der Waals surface area contributed by atoms with E-state index in [0.29, 0.717) is 0 Å². The number of thiazole rings is 1. The molecule has 2 aromatic rings. The van der Waals surface area contributed by atoms with Gasteiger partial charge in [0.1, 0.15) is 0 Å². The molecule has 1 aromatic heterocycles. The van der Waals surface area contributed by atoms with Crippen LogP contribution in [0.5, 0.6) is 0 Å². The normalized spacial score (nSPS) is 11.0. The van der Waals surface area contributed by atoms with E-state index in [-0.39, 0.29) is 0 Å². The topological polar surface area (TPSA) is 12.9 Å². The molecule has 68 valence electrons. The summed E-state index contributed by atoms with van der Waals surface area (Å²) in [5, 5.41) is 1.22. The van der Waals surface area contributed by atoms with Crippen molar-refractivity contribution in [3.8, 4) is 0 Å². The summed E-state index contributed by atoms with van der Waals surface area (Å²) in [5.41, 5.74) is 2.43. The van der Waals surface area contributed by atoms with Crippen LogP contribution in [0.3, 0.4) is 0 Å². The first-order valence-electron chi connectivity index (χ1n) is 4.26. The number of hydrogen-bond acceptors (Lipinski definition) is 2. The second kappa shape index (κ2) is 3.39. The summed E-state index contributed by atoms with van der Waals surface area (Å²) in [5.74, 6) is 0. The summed E-state index contributed by atoms with van der Waals surface area (Å²) in [6, 6.07) is 4.22. The Kier molecular flexibility index (Phi) is 2.39. The fraction of sp³-hybridized carbons (Fsp3) is 0.300. The van der Waals surface area contributed by atoms with Gasteiger partial charge in [0.25, 0.3) is 0 Å². The van der Waals surface area contributed by atoms with E-state index >= 15 is 0 Å². The van der Waals surface area contributed by atoms with Gasteiger partial charge in [-0.05, 0) is 31.0 Å².